The van der Waals surface area contributed by atoms with Crippen molar-refractivity contribution >= 4 is 5.91 Å². The van der Waals surface area contributed by atoms with E-state index >= 15 is 0 Å². The van der Waals surface area contributed by atoms with Crippen LogP contribution in [0, 0.1) is 12.8 Å². The van der Waals surface area contributed by atoms with Crippen LogP contribution in [0.3, 0.4) is 0 Å². The van der Waals surface area contributed by atoms with E-state index in [1.807, 2.05) is 25.3 Å². The standard InChI is InChI=1S/C14H20N2O2/c1-9(2)13(17)15-8-12-10(3)7-11-5-4-6-16(11)14(12)18/h7,9H,4-6,8H2,1-3H3,(H,15,17). The Kier molecular flexibility index (Phi) is 3.55. The highest BCUT2D eigenvalue weighted by Gasteiger charge is 2.17. The molecule has 0 bridgehead atoms. The summed E-state index contributed by atoms with van der Waals surface area (Å²) in [6.45, 7) is 6.77. The fourth-order valence-electron chi connectivity index (χ4n) is 2.34. The van der Waals surface area contributed by atoms with E-state index in [0.717, 1.165) is 36.2 Å². The quantitative estimate of drug-likeness (QED) is 0.878. The van der Waals surface area contributed by atoms with Gasteiger partial charge in [-0.3, -0.25) is 9.59 Å². The minimum absolute atomic E-state index is 0.0145. The largest absolute Gasteiger partial charge is 0.352 e. The van der Waals surface area contributed by atoms with Gasteiger partial charge in [-0.05, 0) is 31.4 Å². The number of hydrogen-bond acceptors (Lipinski definition) is 2. The molecule has 4 heteroatoms. The van der Waals surface area contributed by atoms with Crippen LogP contribution in [0.2, 0.25) is 0 Å². The molecule has 1 N–H and O–H groups in total. The van der Waals surface area contributed by atoms with Crippen LogP contribution >= 0.6 is 0 Å². The third-order valence-electron chi connectivity index (χ3n) is 3.49. The molecular weight excluding hydrogens is 228 g/mol. The van der Waals surface area contributed by atoms with Gasteiger partial charge in [0.1, 0.15) is 0 Å². The SMILES string of the molecule is Cc1cc2n(c(=O)c1CNC(=O)C(C)C)CCC2. The lowest BCUT2D eigenvalue weighted by Gasteiger charge is -2.12. The summed E-state index contributed by atoms with van der Waals surface area (Å²) in [5, 5.41) is 2.82. The van der Waals surface area contributed by atoms with Crippen molar-refractivity contribution in [2.75, 3.05) is 0 Å². The molecule has 2 heterocycles. The smallest absolute Gasteiger partial charge is 0.256 e. The van der Waals surface area contributed by atoms with Gasteiger partial charge in [0.25, 0.3) is 5.56 Å². The van der Waals surface area contributed by atoms with Crippen molar-refractivity contribution < 1.29 is 4.79 Å². The molecule has 1 aliphatic heterocycles. The van der Waals surface area contributed by atoms with Gasteiger partial charge in [0.15, 0.2) is 0 Å². The molecule has 0 aromatic carbocycles. The number of amides is 1. The highest BCUT2D eigenvalue weighted by atomic mass is 16.2. The lowest BCUT2D eigenvalue weighted by molar-refractivity contribution is -0.124. The van der Waals surface area contributed by atoms with E-state index in [2.05, 4.69) is 11.4 Å². The fraction of sp³-hybridized carbons (Fsp3) is 0.571. The summed E-state index contributed by atoms with van der Waals surface area (Å²) in [7, 11) is 0. The van der Waals surface area contributed by atoms with E-state index in [1.54, 1.807) is 0 Å². The number of hydrogen-bond donors (Lipinski definition) is 1. The first-order valence-corrected chi connectivity index (χ1v) is 6.50. The van der Waals surface area contributed by atoms with Crippen LogP contribution < -0.4 is 10.9 Å². The highest BCUT2D eigenvalue weighted by molar-refractivity contribution is 5.77. The Labute approximate surface area is 107 Å². The minimum atomic E-state index is -0.0533. The first-order chi connectivity index (χ1) is 8.50. The molecule has 0 saturated carbocycles. The first kappa shape index (κ1) is 12.9. The summed E-state index contributed by atoms with van der Waals surface area (Å²) in [6.07, 6.45) is 2.02. The molecule has 1 aromatic heterocycles. The number of aryl methyl sites for hydroxylation is 2. The Morgan fingerprint density at radius 1 is 1.50 bits per heavy atom. The predicted octanol–water partition coefficient (Wildman–Crippen LogP) is 1.38. The molecule has 0 aliphatic carbocycles. The predicted molar refractivity (Wildman–Crippen MR) is 70.4 cm³/mol. The van der Waals surface area contributed by atoms with Crippen molar-refractivity contribution in [1.82, 2.24) is 9.88 Å². The number of aromatic nitrogens is 1. The van der Waals surface area contributed by atoms with Gasteiger partial charge in [0.05, 0.1) is 0 Å². The van der Waals surface area contributed by atoms with Gasteiger partial charge in [0, 0.05) is 30.3 Å². The zero-order chi connectivity index (χ0) is 13.3. The summed E-state index contributed by atoms with van der Waals surface area (Å²) >= 11 is 0. The van der Waals surface area contributed by atoms with Crippen LogP contribution in [-0.4, -0.2) is 10.5 Å². The van der Waals surface area contributed by atoms with Crippen molar-refractivity contribution in [3.63, 3.8) is 0 Å². The number of carbonyl (C=O) groups is 1. The number of fused-ring (bicyclic) bond motifs is 1. The molecule has 98 valence electrons. The van der Waals surface area contributed by atoms with Gasteiger partial charge in [-0.2, -0.15) is 0 Å². The van der Waals surface area contributed by atoms with E-state index in [-0.39, 0.29) is 17.4 Å². The van der Waals surface area contributed by atoms with Crippen molar-refractivity contribution in [2.24, 2.45) is 5.92 Å². The summed E-state index contributed by atoms with van der Waals surface area (Å²) in [6, 6.07) is 2.07. The average Bonchev–Trinajstić information content (AvgIpc) is 2.76. The maximum absolute atomic E-state index is 12.3. The van der Waals surface area contributed by atoms with E-state index in [4.69, 9.17) is 0 Å². The van der Waals surface area contributed by atoms with Crippen molar-refractivity contribution in [1.29, 1.82) is 0 Å². The van der Waals surface area contributed by atoms with Crippen LogP contribution in [0.1, 0.15) is 37.1 Å². The minimum Gasteiger partial charge on any atom is -0.352 e. The Balaban J connectivity index is 2.24. The first-order valence-electron chi connectivity index (χ1n) is 6.50. The second-order valence-electron chi connectivity index (χ2n) is 5.23. The van der Waals surface area contributed by atoms with E-state index in [1.165, 1.54) is 0 Å². The molecule has 0 atom stereocenters. The Bertz CT molecular complexity index is 529. The number of pyridine rings is 1. The second kappa shape index (κ2) is 4.96. The topological polar surface area (TPSA) is 51.1 Å². The van der Waals surface area contributed by atoms with Crippen molar-refractivity contribution in [3.8, 4) is 0 Å². The normalized spacial score (nSPS) is 13.8. The highest BCUT2D eigenvalue weighted by Crippen LogP contribution is 2.15. The van der Waals surface area contributed by atoms with Gasteiger partial charge in [-0.25, -0.2) is 0 Å². The van der Waals surface area contributed by atoms with E-state index in [9.17, 15) is 9.59 Å². The lowest BCUT2D eigenvalue weighted by Crippen LogP contribution is -2.32. The zero-order valence-electron chi connectivity index (χ0n) is 11.2. The fourth-order valence-corrected chi connectivity index (χ4v) is 2.34. The van der Waals surface area contributed by atoms with Gasteiger partial charge in [0.2, 0.25) is 5.91 Å². The van der Waals surface area contributed by atoms with Crippen LogP contribution in [0.4, 0.5) is 0 Å². The number of nitrogens with one attached hydrogen (secondary N) is 1. The molecule has 4 nitrogen and oxygen atoms in total. The summed E-state index contributed by atoms with van der Waals surface area (Å²) in [4.78, 5) is 23.8. The zero-order valence-corrected chi connectivity index (χ0v) is 11.2. The molecule has 0 unspecified atom stereocenters. The molecule has 1 aromatic rings. The molecule has 2 rings (SSSR count). The molecule has 0 spiro atoms. The Morgan fingerprint density at radius 3 is 2.89 bits per heavy atom. The Morgan fingerprint density at radius 2 is 2.22 bits per heavy atom. The third-order valence-corrected chi connectivity index (χ3v) is 3.49. The Hall–Kier alpha value is -1.58. The maximum atomic E-state index is 12.3. The maximum Gasteiger partial charge on any atom is 0.256 e. The third kappa shape index (κ3) is 2.33. The number of carbonyl (C=O) groups excluding carboxylic acids is 1. The van der Waals surface area contributed by atoms with Gasteiger partial charge in [-0.15, -0.1) is 0 Å². The second-order valence-corrected chi connectivity index (χ2v) is 5.23. The summed E-state index contributed by atoms with van der Waals surface area (Å²) in [5.74, 6) is -0.0678. The average molecular weight is 248 g/mol. The molecule has 18 heavy (non-hydrogen) atoms. The summed E-state index contributed by atoms with van der Waals surface area (Å²) in [5.41, 5.74) is 2.88. The van der Waals surface area contributed by atoms with Gasteiger partial charge in [-0.1, -0.05) is 13.8 Å². The number of rotatable bonds is 3. The van der Waals surface area contributed by atoms with Crippen LogP contribution in [-0.2, 0) is 24.3 Å². The van der Waals surface area contributed by atoms with Crippen LogP contribution in [0.5, 0.6) is 0 Å². The number of nitrogens with zero attached hydrogens (tertiary/aromatic N) is 1. The van der Waals surface area contributed by atoms with E-state index < -0.39 is 0 Å². The molecule has 1 aliphatic rings. The molecule has 0 saturated heterocycles. The monoisotopic (exact) mass is 248 g/mol. The molecule has 0 fully saturated rings. The van der Waals surface area contributed by atoms with Gasteiger partial charge < -0.3 is 9.88 Å². The molecule has 1 amide bonds. The van der Waals surface area contributed by atoms with Crippen molar-refractivity contribution in [3.05, 3.63) is 33.2 Å². The van der Waals surface area contributed by atoms with Crippen LogP contribution in [0.15, 0.2) is 10.9 Å². The van der Waals surface area contributed by atoms with E-state index in [0.29, 0.717) is 6.54 Å². The lowest BCUT2D eigenvalue weighted by atomic mass is 10.1. The van der Waals surface area contributed by atoms with Crippen LogP contribution in [0.25, 0.3) is 0 Å². The summed E-state index contributed by atoms with van der Waals surface area (Å²) < 4.78 is 1.84. The molecular formula is C14H20N2O2. The van der Waals surface area contributed by atoms with Crippen molar-refractivity contribution in [2.45, 2.75) is 46.7 Å². The molecule has 0 radical (unpaired) electrons. The van der Waals surface area contributed by atoms with Gasteiger partial charge >= 0.3 is 0 Å².